The molecule has 0 saturated heterocycles. The van der Waals surface area contributed by atoms with E-state index in [2.05, 4.69) is 0 Å². The van der Waals surface area contributed by atoms with Crippen LogP contribution in [0.3, 0.4) is 0 Å². The van der Waals surface area contributed by atoms with Gasteiger partial charge in [0, 0.05) is 6.07 Å². The van der Waals surface area contributed by atoms with Crippen LogP contribution < -0.4 is 4.74 Å². The Morgan fingerprint density at radius 2 is 1.92 bits per heavy atom. The number of methoxy groups -OCH3 is 1. The zero-order valence-electron chi connectivity index (χ0n) is 14.0. The van der Waals surface area contributed by atoms with Gasteiger partial charge in [0.2, 0.25) is 0 Å². The van der Waals surface area contributed by atoms with Crippen molar-refractivity contribution in [2.24, 2.45) is 0 Å². The van der Waals surface area contributed by atoms with Gasteiger partial charge in [-0.3, -0.25) is 4.79 Å². The van der Waals surface area contributed by atoms with E-state index in [4.69, 9.17) is 9.47 Å². The minimum absolute atomic E-state index is 0.0991. The number of aryl methyl sites for hydroxylation is 1. The van der Waals surface area contributed by atoms with Gasteiger partial charge in [-0.2, -0.15) is 0 Å². The molecule has 0 bridgehead atoms. The standard InChI is InChI=1S/C19H20O5/c1-4-14-9-16(12(2)20)17(21)10-18(14)24-11-13-6-5-7-15(8-13)19(22)23-3/h5-10,21H,4,11H2,1-3H3. The van der Waals surface area contributed by atoms with Crippen LogP contribution in [0.1, 0.15) is 45.7 Å². The van der Waals surface area contributed by atoms with E-state index in [1.807, 2.05) is 13.0 Å². The Morgan fingerprint density at radius 1 is 1.17 bits per heavy atom. The first kappa shape index (κ1) is 17.5. The van der Waals surface area contributed by atoms with Gasteiger partial charge in [-0.1, -0.05) is 19.1 Å². The number of carbonyl (C=O) groups is 2. The van der Waals surface area contributed by atoms with E-state index in [9.17, 15) is 14.7 Å². The average molecular weight is 328 g/mol. The highest BCUT2D eigenvalue weighted by atomic mass is 16.5. The first-order valence-corrected chi connectivity index (χ1v) is 7.63. The number of hydrogen-bond acceptors (Lipinski definition) is 5. The van der Waals surface area contributed by atoms with Crippen molar-refractivity contribution in [3.8, 4) is 11.5 Å². The number of esters is 1. The van der Waals surface area contributed by atoms with E-state index in [0.29, 0.717) is 17.7 Å². The minimum atomic E-state index is -0.408. The van der Waals surface area contributed by atoms with Gasteiger partial charge in [0.1, 0.15) is 18.1 Å². The maximum absolute atomic E-state index is 11.6. The summed E-state index contributed by atoms with van der Waals surface area (Å²) in [5.74, 6) is -0.185. The third-order valence-electron chi connectivity index (χ3n) is 3.68. The molecule has 2 aromatic carbocycles. The van der Waals surface area contributed by atoms with Gasteiger partial charge in [0.15, 0.2) is 5.78 Å². The summed E-state index contributed by atoms with van der Waals surface area (Å²) in [6.07, 6.45) is 0.665. The number of aromatic hydroxyl groups is 1. The molecule has 0 aromatic heterocycles. The Kier molecular flexibility index (Phi) is 5.58. The maximum atomic E-state index is 11.6. The van der Waals surface area contributed by atoms with E-state index in [-0.39, 0.29) is 23.7 Å². The second-order valence-corrected chi connectivity index (χ2v) is 5.37. The van der Waals surface area contributed by atoms with Crippen molar-refractivity contribution < 1.29 is 24.2 Å². The number of Topliss-reactive ketones (excluding diaryl/α,β-unsaturated/α-hetero) is 1. The van der Waals surface area contributed by atoms with Crippen molar-refractivity contribution >= 4 is 11.8 Å². The lowest BCUT2D eigenvalue weighted by Crippen LogP contribution is -2.04. The molecule has 0 amide bonds. The number of phenolic OH excluding ortho intramolecular Hbond substituents is 1. The lowest BCUT2D eigenvalue weighted by Gasteiger charge is -2.13. The summed E-state index contributed by atoms with van der Waals surface area (Å²) < 4.78 is 10.5. The summed E-state index contributed by atoms with van der Waals surface area (Å²) in [6.45, 7) is 3.59. The van der Waals surface area contributed by atoms with Crippen molar-refractivity contribution in [3.63, 3.8) is 0 Å². The summed E-state index contributed by atoms with van der Waals surface area (Å²) in [4.78, 5) is 23.1. The molecule has 126 valence electrons. The van der Waals surface area contributed by atoms with Crippen molar-refractivity contribution in [3.05, 3.63) is 58.7 Å². The minimum Gasteiger partial charge on any atom is -0.507 e. The molecule has 0 aliphatic carbocycles. The Morgan fingerprint density at radius 3 is 2.54 bits per heavy atom. The van der Waals surface area contributed by atoms with Crippen molar-refractivity contribution in [2.45, 2.75) is 26.9 Å². The molecule has 1 N–H and O–H groups in total. The van der Waals surface area contributed by atoms with Crippen LogP contribution in [0, 0.1) is 0 Å². The SMILES string of the molecule is CCc1cc(C(C)=O)c(O)cc1OCc1cccc(C(=O)OC)c1. The summed E-state index contributed by atoms with van der Waals surface area (Å²) in [7, 11) is 1.33. The lowest BCUT2D eigenvalue weighted by atomic mass is 10.0. The fraction of sp³-hybridized carbons (Fsp3) is 0.263. The van der Waals surface area contributed by atoms with Crippen molar-refractivity contribution in [1.82, 2.24) is 0 Å². The van der Waals surface area contributed by atoms with Crippen molar-refractivity contribution in [1.29, 1.82) is 0 Å². The van der Waals surface area contributed by atoms with E-state index < -0.39 is 5.97 Å². The molecule has 0 heterocycles. The normalized spacial score (nSPS) is 10.3. The lowest BCUT2D eigenvalue weighted by molar-refractivity contribution is 0.0600. The molecule has 0 spiro atoms. The van der Waals surface area contributed by atoms with E-state index >= 15 is 0 Å². The molecule has 0 radical (unpaired) electrons. The molecule has 2 rings (SSSR count). The number of benzene rings is 2. The summed E-state index contributed by atoms with van der Waals surface area (Å²) in [5.41, 5.74) is 2.37. The largest absolute Gasteiger partial charge is 0.507 e. The quantitative estimate of drug-likeness (QED) is 0.649. The highest BCUT2D eigenvalue weighted by molar-refractivity contribution is 5.97. The molecule has 0 unspecified atom stereocenters. The molecule has 24 heavy (non-hydrogen) atoms. The summed E-state index contributed by atoms with van der Waals surface area (Å²) in [5, 5.41) is 9.97. The second kappa shape index (κ2) is 7.64. The monoisotopic (exact) mass is 328 g/mol. The Hall–Kier alpha value is -2.82. The topological polar surface area (TPSA) is 72.8 Å². The Bertz CT molecular complexity index is 764. The highest BCUT2D eigenvalue weighted by Crippen LogP contribution is 2.30. The fourth-order valence-corrected chi connectivity index (χ4v) is 2.37. The molecule has 0 saturated carbocycles. The fourth-order valence-electron chi connectivity index (χ4n) is 2.37. The Balaban J connectivity index is 2.21. The van der Waals surface area contributed by atoms with Crippen molar-refractivity contribution in [2.75, 3.05) is 7.11 Å². The van der Waals surface area contributed by atoms with Crippen LogP contribution in [0.25, 0.3) is 0 Å². The first-order valence-electron chi connectivity index (χ1n) is 7.63. The van der Waals surface area contributed by atoms with Gasteiger partial charge in [-0.05, 0) is 42.7 Å². The van der Waals surface area contributed by atoms with Gasteiger partial charge in [0.05, 0.1) is 18.2 Å². The predicted octanol–water partition coefficient (Wildman–Crippen LogP) is 3.52. The van der Waals surface area contributed by atoms with Gasteiger partial charge in [0.25, 0.3) is 0 Å². The highest BCUT2D eigenvalue weighted by Gasteiger charge is 2.13. The van der Waals surface area contributed by atoms with Crippen LogP contribution in [0.5, 0.6) is 11.5 Å². The average Bonchev–Trinajstić information content (AvgIpc) is 2.59. The number of hydrogen-bond donors (Lipinski definition) is 1. The van der Waals surface area contributed by atoms with Crippen LogP contribution in [-0.4, -0.2) is 24.0 Å². The molecular weight excluding hydrogens is 308 g/mol. The van der Waals surface area contributed by atoms with E-state index in [1.165, 1.54) is 20.1 Å². The number of rotatable bonds is 6. The molecule has 5 heteroatoms. The van der Waals surface area contributed by atoms with Gasteiger partial charge in [-0.15, -0.1) is 0 Å². The zero-order chi connectivity index (χ0) is 17.7. The van der Waals surface area contributed by atoms with Gasteiger partial charge in [-0.25, -0.2) is 4.79 Å². The molecule has 0 aliphatic rings. The third-order valence-corrected chi connectivity index (χ3v) is 3.68. The molecule has 2 aromatic rings. The summed E-state index contributed by atoms with van der Waals surface area (Å²) >= 11 is 0. The Labute approximate surface area is 140 Å². The smallest absolute Gasteiger partial charge is 0.337 e. The summed E-state index contributed by atoms with van der Waals surface area (Å²) in [6, 6.07) is 10.1. The molecule has 0 atom stereocenters. The number of ether oxygens (including phenoxy) is 2. The van der Waals surface area contributed by atoms with Crippen LogP contribution in [0.4, 0.5) is 0 Å². The van der Waals surface area contributed by atoms with Crippen LogP contribution in [-0.2, 0) is 17.8 Å². The number of phenols is 1. The second-order valence-electron chi connectivity index (χ2n) is 5.37. The van der Waals surface area contributed by atoms with Crippen LogP contribution in [0.15, 0.2) is 36.4 Å². The van der Waals surface area contributed by atoms with E-state index in [1.54, 1.807) is 24.3 Å². The molecule has 5 nitrogen and oxygen atoms in total. The van der Waals surface area contributed by atoms with Gasteiger partial charge >= 0.3 is 5.97 Å². The first-order chi connectivity index (χ1) is 11.5. The molecule has 0 fully saturated rings. The maximum Gasteiger partial charge on any atom is 0.337 e. The molecule has 0 aliphatic heterocycles. The molecular formula is C19H20O5. The zero-order valence-corrected chi connectivity index (χ0v) is 14.0. The number of ketones is 1. The van der Waals surface area contributed by atoms with Gasteiger partial charge < -0.3 is 14.6 Å². The van der Waals surface area contributed by atoms with Crippen LogP contribution in [0.2, 0.25) is 0 Å². The van der Waals surface area contributed by atoms with E-state index in [0.717, 1.165) is 11.1 Å². The number of carbonyl (C=O) groups excluding carboxylic acids is 2. The predicted molar refractivity (Wildman–Crippen MR) is 89.6 cm³/mol. The third kappa shape index (κ3) is 3.93. The van der Waals surface area contributed by atoms with Crippen LogP contribution >= 0.6 is 0 Å².